The molecule has 0 unspecified atom stereocenters. The van der Waals surface area contributed by atoms with Crippen molar-refractivity contribution in [3.63, 3.8) is 0 Å². The van der Waals surface area contributed by atoms with Crippen molar-refractivity contribution in [1.82, 2.24) is 24.0 Å². The summed E-state index contributed by atoms with van der Waals surface area (Å²) in [5.41, 5.74) is 3.19. The lowest BCUT2D eigenvalue weighted by molar-refractivity contribution is 0.0655. The highest BCUT2D eigenvalue weighted by atomic mass is 19.1. The topological polar surface area (TPSA) is 45.8 Å². The Hall–Kier alpha value is -3.45. The van der Waals surface area contributed by atoms with E-state index < -0.39 is 0 Å². The molecule has 0 aliphatic carbocycles. The number of nitrogens with zero attached hydrogens (tertiary/aromatic N) is 5. The van der Waals surface area contributed by atoms with Gasteiger partial charge in [0.05, 0.1) is 6.20 Å². The van der Waals surface area contributed by atoms with Crippen molar-refractivity contribution >= 4 is 11.4 Å². The van der Waals surface area contributed by atoms with E-state index >= 15 is 0 Å². The van der Waals surface area contributed by atoms with E-state index in [-0.39, 0.29) is 11.7 Å². The summed E-state index contributed by atoms with van der Waals surface area (Å²) in [7, 11) is 2.06. The lowest BCUT2D eigenvalue weighted by Crippen LogP contribution is -2.47. The highest BCUT2D eigenvalue weighted by molar-refractivity contribution is 5.93. The number of rotatable bonds is 3. The summed E-state index contributed by atoms with van der Waals surface area (Å²) in [4.78, 5) is 17.2. The van der Waals surface area contributed by atoms with Gasteiger partial charge < -0.3 is 14.2 Å². The van der Waals surface area contributed by atoms with E-state index in [0.29, 0.717) is 18.8 Å². The number of fused-ring (bicyclic) bond motifs is 1. The molecule has 0 saturated carbocycles. The molecule has 30 heavy (non-hydrogen) atoms. The maximum absolute atomic E-state index is 13.7. The molecule has 3 aromatic heterocycles. The van der Waals surface area contributed by atoms with Gasteiger partial charge in [-0.3, -0.25) is 4.79 Å². The van der Waals surface area contributed by atoms with Gasteiger partial charge in [0.15, 0.2) is 0 Å². The highest BCUT2D eigenvalue weighted by Gasteiger charge is 2.24. The van der Waals surface area contributed by atoms with Crippen molar-refractivity contribution in [1.29, 1.82) is 0 Å². The second kappa shape index (κ2) is 7.42. The number of carbonyl (C=O) groups is 1. The molecule has 5 rings (SSSR count). The number of amides is 1. The number of halogens is 1. The first-order valence-corrected chi connectivity index (χ1v) is 9.99. The normalized spacial score (nSPS) is 15.1. The van der Waals surface area contributed by atoms with Crippen molar-refractivity contribution in [3.05, 3.63) is 78.5 Å². The fourth-order valence-electron chi connectivity index (χ4n) is 3.92. The van der Waals surface area contributed by atoms with Crippen LogP contribution in [0, 0.1) is 5.82 Å². The Balaban J connectivity index is 1.54. The summed E-state index contributed by atoms with van der Waals surface area (Å²) in [6.45, 7) is 3.15. The summed E-state index contributed by atoms with van der Waals surface area (Å²) < 4.78 is 17.3. The molecule has 4 heterocycles. The predicted molar refractivity (Wildman–Crippen MR) is 113 cm³/mol. The summed E-state index contributed by atoms with van der Waals surface area (Å²) >= 11 is 0. The summed E-state index contributed by atoms with van der Waals surface area (Å²) in [5, 5.41) is 4.43. The molecular formula is C23H22FN5O. The first-order chi connectivity index (χ1) is 14.6. The quantitative estimate of drug-likeness (QED) is 0.527. The number of benzene rings is 1. The standard InChI is InChI=1S/C23H22FN5O/c1-26-11-13-27(14-12-26)23(30)21-9-10-25-29(21)22-8-7-20-6-5-18(16-28(20)22)17-3-2-4-19(24)15-17/h2-10,15-16H,11-14H2,1H3. The Morgan fingerprint density at radius 1 is 0.967 bits per heavy atom. The van der Waals surface area contributed by atoms with Gasteiger partial charge in [-0.25, -0.2) is 9.07 Å². The van der Waals surface area contributed by atoms with Crippen LogP contribution in [0.15, 0.2) is 67.0 Å². The van der Waals surface area contributed by atoms with Gasteiger partial charge in [0.1, 0.15) is 17.3 Å². The van der Waals surface area contributed by atoms with E-state index in [4.69, 9.17) is 0 Å². The smallest absolute Gasteiger partial charge is 0.272 e. The fourth-order valence-corrected chi connectivity index (χ4v) is 3.92. The third kappa shape index (κ3) is 3.27. The molecule has 1 amide bonds. The lowest BCUT2D eigenvalue weighted by Gasteiger charge is -2.32. The van der Waals surface area contributed by atoms with Crippen LogP contribution in [0.5, 0.6) is 0 Å². The minimum absolute atomic E-state index is 0.0168. The Kier molecular flexibility index (Phi) is 4.59. The van der Waals surface area contributed by atoms with Gasteiger partial charge in [0.25, 0.3) is 5.91 Å². The molecule has 1 saturated heterocycles. The van der Waals surface area contributed by atoms with E-state index in [1.165, 1.54) is 12.1 Å². The van der Waals surface area contributed by atoms with Gasteiger partial charge in [-0.05, 0) is 54.6 Å². The third-order valence-corrected chi connectivity index (χ3v) is 5.66. The van der Waals surface area contributed by atoms with Crippen LogP contribution in [0.4, 0.5) is 4.39 Å². The molecule has 1 aromatic carbocycles. The van der Waals surface area contributed by atoms with Crippen molar-refractivity contribution in [2.24, 2.45) is 0 Å². The monoisotopic (exact) mass is 403 g/mol. The molecule has 0 bridgehead atoms. The van der Waals surface area contributed by atoms with E-state index in [0.717, 1.165) is 35.6 Å². The van der Waals surface area contributed by atoms with Gasteiger partial charge >= 0.3 is 0 Å². The van der Waals surface area contributed by atoms with Crippen molar-refractivity contribution < 1.29 is 9.18 Å². The van der Waals surface area contributed by atoms with Gasteiger partial charge in [-0.15, -0.1) is 0 Å². The average molecular weight is 403 g/mol. The summed E-state index contributed by atoms with van der Waals surface area (Å²) in [6, 6.07) is 16.2. The van der Waals surface area contributed by atoms with Crippen LogP contribution < -0.4 is 0 Å². The molecule has 1 aliphatic heterocycles. The average Bonchev–Trinajstić information content (AvgIpc) is 3.40. The number of pyridine rings is 1. The Morgan fingerprint density at radius 2 is 1.77 bits per heavy atom. The zero-order chi connectivity index (χ0) is 20.7. The van der Waals surface area contributed by atoms with Crippen LogP contribution >= 0.6 is 0 Å². The Labute approximate surface area is 173 Å². The second-order valence-corrected chi connectivity index (χ2v) is 7.64. The van der Waals surface area contributed by atoms with E-state index in [2.05, 4.69) is 17.0 Å². The van der Waals surface area contributed by atoms with E-state index in [1.807, 2.05) is 45.8 Å². The van der Waals surface area contributed by atoms with Crippen LogP contribution in [-0.2, 0) is 0 Å². The van der Waals surface area contributed by atoms with Crippen molar-refractivity contribution in [3.8, 4) is 16.9 Å². The molecule has 4 aromatic rings. The van der Waals surface area contributed by atoms with Gasteiger partial charge in [-0.1, -0.05) is 18.2 Å². The fraction of sp³-hybridized carbons (Fsp3) is 0.217. The molecule has 0 atom stereocenters. The number of hydrogen-bond acceptors (Lipinski definition) is 3. The number of likely N-dealkylation sites (N-methyl/N-ethyl adjacent to an activating group) is 1. The van der Waals surface area contributed by atoms with Gasteiger partial charge in [0, 0.05) is 37.9 Å². The molecule has 7 heteroatoms. The minimum Gasteiger partial charge on any atom is -0.335 e. The molecule has 1 aliphatic rings. The summed E-state index contributed by atoms with van der Waals surface area (Å²) in [5.74, 6) is 0.482. The van der Waals surface area contributed by atoms with Crippen LogP contribution in [0.1, 0.15) is 10.5 Å². The molecule has 0 radical (unpaired) electrons. The maximum Gasteiger partial charge on any atom is 0.272 e. The largest absolute Gasteiger partial charge is 0.335 e. The summed E-state index contributed by atoms with van der Waals surface area (Å²) in [6.07, 6.45) is 3.60. The molecule has 1 fully saturated rings. The zero-order valence-corrected chi connectivity index (χ0v) is 16.7. The SMILES string of the molecule is CN1CCN(C(=O)c2ccnn2-c2ccc3ccc(-c4cccc(F)c4)cn23)CC1. The minimum atomic E-state index is -0.271. The first kappa shape index (κ1) is 18.6. The van der Waals surface area contributed by atoms with Crippen LogP contribution in [-0.4, -0.2) is 63.1 Å². The van der Waals surface area contributed by atoms with Crippen LogP contribution in [0.3, 0.4) is 0 Å². The van der Waals surface area contributed by atoms with E-state index in [1.54, 1.807) is 23.0 Å². The first-order valence-electron chi connectivity index (χ1n) is 9.99. The van der Waals surface area contributed by atoms with Gasteiger partial charge in [-0.2, -0.15) is 5.10 Å². The number of hydrogen-bond donors (Lipinski definition) is 0. The molecular weight excluding hydrogens is 381 g/mol. The predicted octanol–water partition coefficient (Wildman–Crippen LogP) is 3.32. The van der Waals surface area contributed by atoms with Crippen molar-refractivity contribution in [2.45, 2.75) is 0 Å². The Morgan fingerprint density at radius 3 is 2.57 bits per heavy atom. The molecule has 6 nitrogen and oxygen atoms in total. The number of piperazine rings is 1. The van der Waals surface area contributed by atoms with Crippen LogP contribution in [0.25, 0.3) is 22.5 Å². The Bertz CT molecular complexity index is 1220. The lowest BCUT2D eigenvalue weighted by atomic mass is 10.1. The number of aromatic nitrogens is 3. The zero-order valence-electron chi connectivity index (χ0n) is 16.7. The molecule has 152 valence electrons. The van der Waals surface area contributed by atoms with Crippen molar-refractivity contribution in [2.75, 3.05) is 33.2 Å². The number of carbonyl (C=O) groups excluding carboxylic acids is 1. The third-order valence-electron chi connectivity index (χ3n) is 5.66. The second-order valence-electron chi connectivity index (χ2n) is 7.64. The van der Waals surface area contributed by atoms with E-state index in [9.17, 15) is 9.18 Å². The molecule has 0 spiro atoms. The highest BCUT2D eigenvalue weighted by Crippen LogP contribution is 2.24. The molecule has 0 N–H and O–H groups in total. The maximum atomic E-state index is 13.7. The van der Waals surface area contributed by atoms with Crippen LogP contribution in [0.2, 0.25) is 0 Å². The van der Waals surface area contributed by atoms with Gasteiger partial charge in [0.2, 0.25) is 0 Å².